The number of aliphatic carboxylic acids is 1. The number of ketones is 1. The van der Waals surface area contributed by atoms with Crippen LogP contribution in [-0.4, -0.2) is 24.0 Å². The Morgan fingerprint density at radius 2 is 1.94 bits per heavy atom. The highest BCUT2D eigenvalue weighted by Gasteiger charge is 2.11. The Morgan fingerprint density at radius 3 is 2.44 bits per heavy atom. The van der Waals surface area contributed by atoms with Crippen molar-refractivity contribution in [2.45, 2.75) is 19.8 Å². The van der Waals surface area contributed by atoms with Gasteiger partial charge in [0.25, 0.3) is 0 Å². The van der Waals surface area contributed by atoms with Gasteiger partial charge in [-0.3, -0.25) is 4.79 Å². The lowest BCUT2D eigenvalue weighted by atomic mass is 9.98. The molecule has 0 aliphatic rings. The van der Waals surface area contributed by atoms with Crippen molar-refractivity contribution in [3.63, 3.8) is 0 Å². The molecule has 1 aromatic carbocycles. The first-order chi connectivity index (χ1) is 8.45. The maximum absolute atomic E-state index is 11.7. The monoisotopic (exact) mass is 248 g/mol. The molecule has 4 heteroatoms. The molecule has 0 amide bonds. The molecule has 0 aliphatic heterocycles. The lowest BCUT2D eigenvalue weighted by molar-refractivity contribution is -0.131. The second-order valence-electron chi connectivity index (χ2n) is 4.15. The van der Waals surface area contributed by atoms with Crippen molar-refractivity contribution in [3.05, 3.63) is 41.5 Å². The van der Waals surface area contributed by atoms with Gasteiger partial charge in [0.05, 0.1) is 7.11 Å². The first kappa shape index (κ1) is 14.0. The van der Waals surface area contributed by atoms with E-state index in [9.17, 15) is 9.59 Å². The third kappa shape index (κ3) is 3.45. The maximum Gasteiger partial charge on any atom is 0.328 e. The molecule has 96 valence electrons. The summed E-state index contributed by atoms with van der Waals surface area (Å²) < 4.78 is 5.22. The van der Waals surface area contributed by atoms with E-state index in [1.165, 1.54) is 0 Å². The van der Waals surface area contributed by atoms with E-state index < -0.39 is 5.97 Å². The molecule has 18 heavy (non-hydrogen) atoms. The molecule has 0 saturated heterocycles. The number of carbonyl (C=O) groups is 2. The largest absolute Gasteiger partial charge is 0.496 e. The van der Waals surface area contributed by atoms with Gasteiger partial charge in [-0.25, -0.2) is 4.79 Å². The summed E-state index contributed by atoms with van der Waals surface area (Å²) in [5.41, 5.74) is 1.38. The number of carboxylic acids is 1. The van der Waals surface area contributed by atoms with E-state index in [4.69, 9.17) is 9.84 Å². The van der Waals surface area contributed by atoms with Crippen LogP contribution >= 0.6 is 0 Å². The molecule has 0 atom stereocenters. The van der Waals surface area contributed by atoms with E-state index in [0.717, 1.165) is 23.5 Å². The van der Waals surface area contributed by atoms with Crippen LogP contribution in [0, 0.1) is 0 Å². The summed E-state index contributed by atoms with van der Waals surface area (Å²) in [7, 11) is 1.58. The van der Waals surface area contributed by atoms with E-state index in [1.807, 2.05) is 13.8 Å². The van der Waals surface area contributed by atoms with Crippen LogP contribution in [0.4, 0.5) is 0 Å². The standard InChI is InChI=1S/C14H16O4/c1-9(2)11-8-10(4-6-13(11)18-3)12(15)5-7-14(16)17/h4-9H,1-3H3,(H,16,17)/b7-5+. The van der Waals surface area contributed by atoms with Gasteiger partial charge in [-0.05, 0) is 35.8 Å². The van der Waals surface area contributed by atoms with Crippen LogP contribution in [0.1, 0.15) is 35.7 Å². The van der Waals surface area contributed by atoms with Crippen LogP contribution < -0.4 is 4.74 Å². The van der Waals surface area contributed by atoms with Crippen molar-refractivity contribution in [2.75, 3.05) is 7.11 Å². The average Bonchev–Trinajstić information content (AvgIpc) is 2.34. The molecule has 0 aromatic heterocycles. The predicted molar refractivity (Wildman–Crippen MR) is 68.2 cm³/mol. The fraction of sp³-hybridized carbons (Fsp3) is 0.286. The Balaban J connectivity index is 3.08. The average molecular weight is 248 g/mol. The van der Waals surface area contributed by atoms with E-state index in [2.05, 4.69) is 0 Å². The van der Waals surface area contributed by atoms with Crippen LogP contribution in [0.3, 0.4) is 0 Å². The Morgan fingerprint density at radius 1 is 1.28 bits per heavy atom. The molecule has 1 rings (SSSR count). The quantitative estimate of drug-likeness (QED) is 0.642. The zero-order valence-corrected chi connectivity index (χ0v) is 10.6. The van der Waals surface area contributed by atoms with Crippen LogP contribution in [0.2, 0.25) is 0 Å². The van der Waals surface area contributed by atoms with Gasteiger partial charge in [0.2, 0.25) is 0 Å². The topological polar surface area (TPSA) is 63.6 Å². The SMILES string of the molecule is COc1ccc(C(=O)/C=C/C(=O)O)cc1C(C)C. The number of carbonyl (C=O) groups excluding carboxylic acids is 1. The Bertz CT molecular complexity index is 487. The van der Waals surface area contributed by atoms with E-state index >= 15 is 0 Å². The molecule has 0 radical (unpaired) electrons. The van der Waals surface area contributed by atoms with Gasteiger partial charge in [0, 0.05) is 11.6 Å². The van der Waals surface area contributed by atoms with E-state index in [1.54, 1.807) is 25.3 Å². The number of rotatable bonds is 5. The number of allylic oxidation sites excluding steroid dienone is 1. The van der Waals surface area contributed by atoms with Gasteiger partial charge < -0.3 is 9.84 Å². The van der Waals surface area contributed by atoms with Crippen LogP contribution in [0.5, 0.6) is 5.75 Å². The molecular weight excluding hydrogens is 232 g/mol. The van der Waals surface area contributed by atoms with Crippen molar-refractivity contribution in [2.24, 2.45) is 0 Å². The number of ether oxygens (including phenoxy) is 1. The van der Waals surface area contributed by atoms with Gasteiger partial charge in [-0.15, -0.1) is 0 Å². The molecule has 0 unspecified atom stereocenters. The lowest BCUT2D eigenvalue weighted by Gasteiger charge is -2.12. The van der Waals surface area contributed by atoms with Gasteiger partial charge >= 0.3 is 5.97 Å². The zero-order valence-electron chi connectivity index (χ0n) is 10.6. The third-order valence-electron chi connectivity index (χ3n) is 2.51. The second-order valence-corrected chi connectivity index (χ2v) is 4.15. The third-order valence-corrected chi connectivity index (χ3v) is 2.51. The molecule has 0 bridgehead atoms. The Hall–Kier alpha value is -2.10. The highest BCUT2D eigenvalue weighted by Crippen LogP contribution is 2.27. The van der Waals surface area contributed by atoms with Crippen molar-refractivity contribution < 1.29 is 19.4 Å². The number of hydrogen-bond acceptors (Lipinski definition) is 3. The van der Waals surface area contributed by atoms with Gasteiger partial charge in [0.1, 0.15) is 5.75 Å². The van der Waals surface area contributed by atoms with Gasteiger partial charge in [0.15, 0.2) is 5.78 Å². The molecule has 0 fully saturated rings. The molecule has 0 spiro atoms. The van der Waals surface area contributed by atoms with Crippen molar-refractivity contribution in [3.8, 4) is 5.75 Å². The Kier molecular flexibility index (Phi) is 4.66. The minimum absolute atomic E-state index is 0.219. The summed E-state index contributed by atoms with van der Waals surface area (Å²) >= 11 is 0. The highest BCUT2D eigenvalue weighted by molar-refractivity contribution is 6.07. The van der Waals surface area contributed by atoms with Crippen molar-refractivity contribution in [1.29, 1.82) is 0 Å². The molecule has 1 aromatic rings. The summed E-state index contributed by atoms with van der Waals surface area (Å²) in [6.45, 7) is 4.00. The molecule has 0 heterocycles. The number of benzene rings is 1. The lowest BCUT2D eigenvalue weighted by Crippen LogP contribution is -2.01. The molecule has 0 saturated carbocycles. The number of hydrogen-bond donors (Lipinski definition) is 1. The summed E-state index contributed by atoms with van der Waals surface area (Å²) in [4.78, 5) is 22.1. The molecule has 4 nitrogen and oxygen atoms in total. The summed E-state index contributed by atoms with van der Waals surface area (Å²) in [5, 5.41) is 8.48. The first-order valence-electron chi connectivity index (χ1n) is 5.59. The van der Waals surface area contributed by atoms with Crippen molar-refractivity contribution >= 4 is 11.8 Å². The first-order valence-corrected chi connectivity index (χ1v) is 5.59. The van der Waals surface area contributed by atoms with Gasteiger partial charge in [-0.2, -0.15) is 0 Å². The van der Waals surface area contributed by atoms with Crippen LogP contribution in [0.25, 0.3) is 0 Å². The summed E-state index contributed by atoms with van der Waals surface area (Å²) in [6.07, 6.45) is 1.88. The minimum Gasteiger partial charge on any atom is -0.496 e. The van der Waals surface area contributed by atoms with Gasteiger partial charge in [-0.1, -0.05) is 13.8 Å². The molecule has 1 N–H and O–H groups in total. The number of carboxylic acid groups (broad SMARTS) is 1. The normalized spacial score (nSPS) is 10.9. The minimum atomic E-state index is -1.14. The van der Waals surface area contributed by atoms with Crippen LogP contribution in [0.15, 0.2) is 30.4 Å². The zero-order chi connectivity index (χ0) is 13.7. The summed E-state index contributed by atoms with van der Waals surface area (Å²) in [6, 6.07) is 5.08. The molecular formula is C14H16O4. The van der Waals surface area contributed by atoms with E-state index in [0.29, 0.717) is 5.56 Å². The smallest absolute Gasteiger partial charge is 0.328 e. The fourth-order valence-corrected chi connectivity index (χ4v) is 1.58. The highest BCUT2D eigenvalue weighted by atomic mass is 16.5. The second kappa shape index (κ2) is 6.00. The maximum atomic E-state index is 11.7. The fourth-order valence-electron chi connectivity index (χ4n) is 1.58. The molecule has 0 aliphatic carbocycles. The summed E-state index contributed by atoms with van der Waals surface area (Å²) in [5.74, 6) is -0.525. The van der Waals surface area contributed by atoms with E-state index in [-0.39, 0.29) is 11.7 Å². The van der Waals surface area contributed by atoms with Crippen molar-refractivity contribution in [1.82, 2.24) is 0 Å². The Labute approximate surface area is 106 Å². The number of methoxy groups -OCH3 is 1. The van der Waals surface area contributed by atoms with Crippen LogP contribution in [-0.2, 0) is 4.79 Å². The predicted octanol–water partition coefficient (Wildman–Crippen LogP) is 2.64.